The van der Waals surface area contributed by atoms with Crippen LogP contribution in [-0.4, -0.2) is 29.9 Å². The van der Waals surface area contributed by atoms with E-state index in [9.17, 15) is 27.6 Å². The summed E-state index contributed by atoms with van der Waals surface area (Å²) in [7, 11) is 0. The molecule has 1 atom stereocenters. The van der Waals surface area contributed by atoms with E-state index in [1.807, 2.05) is 0 Å². The van der Waals surface area contributed by atoms with E-state index in [0.29, 0.717) is 5.56 Å². The first-order valence-corrected chi connectivity index (χ1v) is 8.27. The molecule has 2 aliphatic rings. The van der Waals surface area contributed by atoms with Crippen LogP contribution in [0.2, 0.25) is 0 Å². The first kappa shape index (κ1) is 18.2. The maximum atomic E-state index is 12.5. The summed E-state index contributed by atoms with van der Waals surface area (Å²) in [5.41, 5.74) is -1.22. The second-order valence-corrected chi connectivity index (χ2v) is 6.63. The maximum Gasteiger partial charge on any atom is 0.416 e. The fraction of sp³-hybridized carbons (Fsp3) is 0.471. The van der Waals surface area contributed by atoms with E-state index in [1.165, 1.54) is 12.1 Å². The molecule has 1 unspecified atom stereocenters. The van der Waals surface area contributed by atoms with Crippen molar-refractivity contribution in [3.8, 4) is 0 Å². The number of rotatable bonds is 6. The SMILES string of the molecule is O=C(CCc1ccc(C(F)(F)F)cc1)NCC1(C2CC2)NC(=O)NC1=O. The highest BCUT2D eigenvalue weighted by atomic mass is 19.4. The number of imide groups is 1. The normalized spacial score (nSPS) is 22.7. The van der Waals surface area contributed by atoms with Gasteiger partial charge in [0.15, 0.2) is 0 Å². The van der Waals surface area contributed by atoms with Crippen molar-refractivity contribution in [1.29, 1.82) is 0 Å². The quantitative estimate of drug-likeness (QED) is 0.668. The summed E-state index contributed by atoms with van der Waals surface area (Å²) >= 11 is 0. The minimum atomic E-state index is -4.39. The van der Waals surface area contributed by atoms with Crippen LogP contribution in [0.3, 0.4) is 0 Å². The smallest absolute Gasteiger partial charge is 0.353 e. The molecule has 140 valence electrons. The summed E-state index contributed by atoms with van der Waals surface area (Å²) in [4.78, 5) is 35.5. The van der Waals surface area contributed by atoms with Gasteiger partial charge in [0, 0.05) is 6.42 Å². The van der Waals surface area contributed by atoms with E-state index >= 15 is 0 Å². The van der Waals surface area contributed by atoms with Crippen LogP contribution >= 0.6 is 0 Å². The summed E-state index contributed by atoms with van der Waals surface area (Å²) < 4.78 is 37.6. The predicted octanol–water partition coefficient (Wildman–Crippen LogP) is 1.74. The van der Waals surface area contributed by atoms with Gasteiger partial charge in [-0.3, -0.25) is 14.9 Å². The Bertz CT molecular complexity index is 729. The summed E-state index contributed by atoms with van der Waals surface area (Å²) in [6, 6.07) is 4.07. The van der Waals surface area contributed by atoms with Crippen molar-refractivity contribution in [2.75, 3.05) is 6.54 Å². The molecule has 1 aliphatic heterocycles. The minimum absolute atomic E-state index is 0.00108. The first-order chi connectivity index (χ1) is 12.2. The average Bonchev–Trinajstić information content (AvgIpc) is 3.37. The third kappa shape index (κ3) is 3.81. The van der Waals surface area contributed by atoms with Crippen molar-refractivity contribution in [2.24, 2.45) is 5.92 Å². The standard InChI is InChI=1S/C17H18F3N3O3/c18-17(19,20)12-4-1-10(2-5-12)3-8-13(24)21-9-16(11-6-7-11)14(25)22-15(26)23-16/h1-2,4-5,11H,3,6-9H2,(H,21,24)(H2,22,23,25,26). The second-order valence-electron chi connectivity index (χ2n) is 6.63. The van der Waals surface area contributed by atoms with Crippen LogP contribution < -0.4 is 16.0 Å². The van der Waals surface area contributed by atoms with Gasteiger partial charge in [-0.05, 0) is 42.9 Å². The molecular weight excluding hydrogens is 351 g/mol. The fourth-order valence-electron chi connectivity index (χ4n) is 3.08. The Morgan fingerprint density at radius 2 is 1.85 bits per heavy atom. The van der Waals surface area contributed by atoms with Crippen LogP contribution in [0.15, 0.2) is 24.3 Å². The molecule has 1 aromatic carbocycles. The van der Waals surface area contributed by atoms with Gasteiger partial charge in [0.05, 0.1) is 12.1 Å². The monoisotopic (exact) mass is 369 g/mol. The van der Waals surface area contributed by atoms with Gasteiger partial charge in [-0.1, -0.05) is 12.1 Å². The number of nitrogens with one attached hydrogen (secondary N) is 3. The molecule has 2 fully saturated rings. The Hall–Kier alpha value is -2.58. The van der Waals surface area contributed by atoms with Gasteiger partial charge in [-0.25, -0.2) is 4.79 Å². The van der Waals surface area contributed by atoms with E-state index < -0.39 is 29.2 Å². The van der Waals surface area contributed by atoms with E-state index in [4.69, 9.17) is 0 Å². The third-order valence-corrected chi connectivity index (χ3v) is 4.73. The molecule has 0 spiro atoms. The molecule has 1 aliphatic carbocycles. The van der Waals surface area contributed by atoms with Crippen LogP contribution in [0, 0.1) is 5.92 Å². The molecular formula is C17H18F3N3O3. The van der Waals surface area contributed by atoms with Crippen LogP contribution in [0.1, 0.15) is 30.4 Å². The molecule has 3 rings (SSSR count). The molecule has 3 N–H and O–H groups in total. The summed E-state index contributed by atoms with van der Waals surface area (Å²) in [6.45, 7) is 0.00108. The lowest BCUT2D eigenvalue weighted by Gasteiger charge is -2.26. The van der Waals surface area contributed by atoms with Crippen LogP contribution in [0.25, 0.3) is 0 Å². The zero-order valence-electron chi connectivity index (χ0n) is 13.8. The van der Waals surface area contributed by atoms with E-state index in [2.05, 4.69) is 16.0 Å². The molecule has 26 heavy (non-hydrogen) atoms. The van der Waals surface area contributed by atoms with Gasteiger partial charge in [-0.15, -0.1) is 0 Å². The number of carbonyl (C=O) groups excluding carboxylic acids is 3. The number of urea groups is 1. The molecule has 0 bridgehead atoms. The lowest BCUT2D eigenvalue weighted by Crippen LogP contribution is -2.57. The van der Waals surface area contributed by atoms with Crippen molar-refractivity contribution in [3.05, 3.63) is 35.4 Å². The highest BCUT2D eigenvalue weighted by Crippen LogP contribution is 2.41. The van der Waals surface area contributed by atoms with Gasteiger partial charge in [0.25, 0.3) is 5.91 Å². The Balaban J connectivity index is 1.51. The Morgan fingerprint density at radius 3 is 2.35 bits per heavy atom. The van der Waals surface area contributed by atoms with Crippen molar-refractivity contribution in [2.45, 2.75) is 37.4 Å². The number of amides is 4. The number of hydrogen-bond acceptors (Lipinski definition) is 3. The van der Waals surface area contributed by atoms with Crippen molar-refractivity contribution < 1.29 is 27.6 Å². The zero-order chi connectivity index (χ0) is 18.9. The van der Waals surface area contributed by atoms with Crippen LogP contribution in [-0.2, 0) is 22.2 Å². The molecule has 1 aromatic rings. The molecule has 4 amide bonds. The molecule has 0 aromatic heterocycles. The highest BCUT2D eigenvalue weighted by Gasteiger charge is 2.56. The zero-order valence-corrected chi connectivity index (χ0v) is 13.8. The van der Waals surface area contributed by atoms with E-state index in [-0.39, 0.29) is 31.2 Å². The highest BCUT2D eigenvalue weighted by molar-refractivity contribution is 6.07. The molecule has 1 heterocycles. The number of alkyl halides is 3. The Morgan fingerprint density at radius 1 is 1.19 bits per heavy atom. The number of hydrogen-bond donors (Lipinski definition) is 3. The van der Waals surface area contributed by atoms with Crippen molar-refractivity contribution in [3.63, 3.8) is 0 Å². The van der Waals surface area contributed by atoms with Crippen molar-refractivity contribution in [1.82, 2.24) is 16.0 Å². The van der Waals surface area contributed by atoms with Gasteiger partial charge >= 0.3 is 12.2 Å². The third-order valence-electron chi connectivity index (χ3n) is 4.73. The van der Waals surface area contributed by atoms with E-state index in [1.54, 1.807) is 0 Å². The summed E-state index contributed by atoms with van der Waals surface area (Å²) in [6.07, 6.45) is -2.44. The van der Waals surface area contributed by atoms with Gasteiger partial charge in [0.2, 0.25) is 5.91 Å². The number of halogens is 3. The minimum Gasteiger partial charge on any atom is -0.353 e. The van der Waals surface area contributed by atoms with Crippen LogP contribution in [0.4, 0.5) is 18.0 Å². The van der Waals surface area contributed by atoms with Gasteiger partial charge < -0.3 is 10.6 Å². The number of carbonyl (C=O) groups is 3. The lowest BCUT2D eigenvalue weighted by molar-refractivity contribution is -0.137. The van der Waals surface area contributed by atoms with E-state index in [0.717, 1.165) is 25.0 Å². The number of benzene rings is 1. The first-order valence-electron chi connectivity index (χ1n) is 8.27. The van der Waals surface area contributed by atoms with Gasteiger partial charge in [-0.2, -0.15) is 13.2 Å². The molecule has 0 radical (unpaired) electrons. The molecule has 9 heteroatoms. The fourth-order valence-corrected chi connectivity index (χ4v) is 3.08. The maximum absolute atomic E-state index is 12.5. The largest absolute Gasteiger partial charge is 0.416 e. The Kier molecular flexibility index (Phi) is 4.64. The van der Waals surface area contributed by atoms with Gasteiger partial charge in [0.1, 0.15) is 5.54 Å². The van der Waals surface area contributed by atoms with Crippen LogP contribution in [0.5, 0.6) is 0 Å². The Labute approximate surface area is 147 Å². The topological polar surface area (TPSA) is 87.3 Å². The number of aryl methyl sites for hydroxylation is 1. The lowest BCUT2D eigenvalue weighted by atomic mass is 9.93. The molecule has 1 saturated carbocycles. The van der Waals surface area contributed by atoms with Crippen molar-refractivity contribution >= 4 is 17.8 Å². The summed E-state index contributed by atoms with van der Waals surface area (Å²) in [5, 5.41) is 7.45. The molecule has 6 nitrogen and oxygen atoms in total. The average molecular weight is 369 g/mol. The summed E-state index contributed by atoms with van der Waals surface area (Å²) in [5.74, 6) is -0.768. The second kappa shape index (κ2) is 6.62. The predicted molar refractivity (Wildman–Crippen MR) is 84.9 cm³/mol. The molecule has 1 saturated heterocycles.